The van der Waals surface area contributed by atoms with E-state index in [1.54, 1.807) is 0 Å². The summed E-state index contributed by atoms with van der Waals surface area (Å²) in [6, 6.07) is 0. The average Bonchev–Trinajstić information content (AvgIpc) is 2.38. The molecule has 0 aliphatic heterocycles. The molecule has 1 aliphatic carbocycles. The number of rotatable bonds is 4. The van der Waals surface area contributed by atoms with Gasteiger partial charge >= 0.3 is 11.9 Å². The van der Waals surface area contributed by atoms with Gasteiger partial charge in [-0.1, -0.05) is 0 Å². The fourth-order valence-electron chi connectivity index (χ4n) is 1.91. The summed E-state index contributed by atoms with van der Waals surface area (Å²) in [6.07, 6.45) is -3.74. The lowest BCUT2D eigenvalue weighted by Gasteiger charge is -2.39. The molecule has 0 saturated heterocycles. The van der Waals surface area contributed by atoms with Crippen LogP contribution in [0, 0.1) is 0 Å². The van der Waals surface area contributed by atoms with Gasteiger partial charge in [-0.25, -0.2) is 0 Å². The van der Waals surface area contributed by atoms with Crippen molar-refractivity contribution in [3.8, 4) is 0 Å². The van der Waals surface area contributed by atoms with Gasteiger partial charge in [-0.05, 0) is 13.8 Å². The molecular weight excluding hydrogens is 344 g/mol. The minimum Gasteiger partial charge on any atom is -0.453 e. The second-order valence-electron chi connectivity index (χ2n) is 5.22. The van der Waals surface area contributed by atoms with E-state index in [4.69, 9.17) is 15.3 Å². The van der Waals surface area contributed by atoms with Crippen LogP contribution in [-0.4, -0.2) is 96.4 Å². The van der Waals surface area contributed by atoms with Crippen molar-refractivity contribution in [3.05, 3.63) is 11.5 Å². The van der Waals surface area contributed by atoms with Crippen molar-refractivity contribution in [1.82, 2.24) is 0 Å². The number of hydrogen-bond acceptors (Lipinski definition) is 14. The number of hydrogen-bond donors (Lipinski definition) is 12. The Balaban J connectivity index is 3.43. The number of allylic oxidation sites excluding steroid dienone is 2. The first-order chi connectivity index (χ1) is 10.3. The monoisotopic (exact) mass is 362 g/mol. The van der Waals surface area contributed by atoms with E-state index in [-0.39, 0.29) is 0 Å². The van der Waals surface area contributed by atoms with Crippen molar-refractivity contribution in [2.24, 2.45) is 0 Å². The summed E-state index contributed by atoms with van der Waals surface area (Å²) in [5.74, 6) is -24.2. The van der Waals surface area contributed by atoms with Gasteiger partial charge in [0.25, 0.3) is 23.1 Å². The molecule has 0 aromatic heterocycles. The molecular formula is C10H18O14. The molecule has 0 unspecified atom stereocenters. The SMILES string of the molecule is CC(OC(O)(O)O)=C(C)OC1(O)C(O)(O)C(O)(O)C(O)(O)C1(O)O. The van der Waals surface area contributed by atoms with E-state index in [1.807, 2.05) is 0 Å². The molecule has 1 saturated carbocycles. The van der Waals surface area contributed by atoms with Crippen molar-refractivity contribution < 1.29 is 70.8 Å². The van der Waals surface area contributed by atoms with Crippen molar-refractivity contribution in [1.29, 1.82) is 0 Å². The highest BCUT2D eigenvalue weighted by Crippen LogP contribution is 2.55. The molecule has 0 amide bonds. The Morgan fingerprint density at radius 3 is 1.25 bits per heavy atom. The molecule has 1 fully saturated rings. The lowest BCUT2D eigenvalue weighted by Crippen LogP contribution is -2.68. The Kier molecular flexibility index (Phi) is 4.51. The molecule has 0 heterocycles. The zero-order valence-corrected chi connectivity index (χ0v) is 12.2. The largest absolute Gasteiger partial charge is 0.453 e. The minimum absolute atomic E-state index is 0.774. The van der Waals surface area contributed by atoms with Crippen molar-refractivity contribution in [2.75, 3.05) is 0 Å². The third-order valence-corrected chi connectivity index (χ3v) is 3.49. The summed E-state index contributed by atoms with van der Waals surface area (Å²) in [5.41, 5.74) is 0. The molecule has 14 nitrogen and oxygen atoms in total. The van der Waals surface area contributed by atoms with Crippen molar-refractivity contribution in [2.45, 2.75) is 48.9 Å². The first kappa shape index (κ1) is 20.9. The van der Waals surface area contributed by atoms with Crippen LogP contribution < -0.4 is 0 Å². The van der Waals surface area contributed by atoms with E-state index in [9.17, 15) is 46.0 Å². The first-order valence-electron chi connectivity index (χ1n) is 6.00. The standard InChI is InChI=1S/C10H18O14/c1-3(4(2)24-10(20,21)22)23-9(19)7(15,16)5(11,12)6(13,14)8(9,17)18/h11-22H,1-2H3. The lowest BCUT2D eigenvalue weighted by atomic mass is 10.0. The van der Waals surface area contributed by atoms with Crippen LogP contribution in [0.2, 0.25) is 0 Å². The van der Waals surface area contributed by atoms with Gasteiger partial charge < -0.3 is 70.8 Å². The van der Waals surface area contributed by atoms with Crippen LogP contribution in [0.15, 0.2) is 11.5 Å². The molecule has 0 aromatic carbocycles. The van der Waals surface area contributed by atoms with Gasteiger partial charge in [0.2, 0.25) is 0 Å². The molecule has 0 radical (unpaired) electrons. The summed E-state index contributed by atoms with van der Waals surface area (Å²) < 4.78 is 8.37. The Labute approximate surface area is 132 Å². The van der Waals surface area contributed by atoms with Crippen LogP contribution in [0.5, 0.6) is 0 Å². The summed E-state index contributed by atoms with van der Waals surface area (Å²) in [6.45, 7) is 1.62. The van der Waals surface area contributed by atoms with Gasteiger partial charge in [-0.15, -0.1) is 0 Å². The summed E-state index contributed by atoms with van der Waals surface area (Å²) in [7, 11) is 0. The van der Waals surface area contributed by atoms with Crippen LogP contribution in [0.1, 0.15) is 13.8 Å². The molecule has 12 N–H and O–H groups in total. The van der Waals surface area contributed by atoms with Gasteiger partial charge in [-0.2, -0.15) is 0 Å². The molecule has 1 aliphatic rings. The van der Waals surface area contributed by atoms with Crippen LogP contribution >= 0.6 is 0 Å². The van der Waals surface area contributed by atoms with Crippen LogP contribution in [0.3, 0.4) is 0 Å². The van der Waals surface area contributed by atoms with E-state index in [0.29, 0.717) is 0 Å². The average molecular weight is 362 g/mol. The summed E-state index contributed by atoms with van der Waals surface area (Å²) in [5, 5.41) is 112. The fraction of sp³-hybridized carbons (Fsp3) is 0.800. The maximum Gasteiger partial charge on any atom is 0.452 e. The smallest absolute Gasteiger partial charge is 0.452 e. The third kappa shape index (κ3) is 2.46. The molecule has 0 spiro atoms. The van der Waals surface area contributed by atoms with Gasteiger partial charge in [-0.3, -0.25) is 0 Å². The van der Waals surface area contributed by atoms with Crippen molar-refractivity contribution in [3.63, 3.8) is 0 Å². The zero-order chi connectivity index (χ0) is 19.6. The van der Waals surface area contributed by atoms with E-state index < -0.39 is 46.6 Å². The highest BCUT2D eigenvalue weighted by Gasteiger charge is 2.93. The van der Waals surface area contributed by atoms with Gasteiger partial charge in [0.15, 0.2) is 0 Å². The Hall–Kier alpha value is -1.14. The Bertz CT molecular complexity index is 512. The second kappa shape index (κ2) is 5.18. The molecule has 0 atom stereocenters. The maximum absolute atomic E-state index is 10.00. The third-order valence-electron chi connectivity index (χ3n) is 3.49. The normalized spacial score (nSPS) is 27.4. The number of aliphatic hydroxyl groups is 12. The fourth-order valence-corrected chi connectivity index (χ4v) is 1.91. The molecule has 0 aromatic rings. The maximum atomic E-state index is 10.00. The van der Waals surface area contributed by atoms with Crippen LogP contribution in [-0.2, 0) is 9.47 Å². The lowest BCUT2D eigenvalue weighted by molar-refractivity contribution is -0.459. The molecule has 142 valence electrons. The van der Waals surface area contributed by atoms with Crippen molar-refractivity contribution >= 4 is 0 Å². The first-order valence-corrected chi connectivity index (χ1v) is 6.00. The second-order valence-corrected chi connectivity index (χ2v) is 5.22. The highest BCUT2D eigenvalue weighted by atomic mass is 16.9. The summed E-state index contributed by atoms with van der Waals surface area (Å²) >= 11 is 0. The Morgan fingerprint density at radius 2 is 0.958 bits per heavy atom. The molecule has 24 heavy (non-hydrogen) atoms. The highest BCUT2D eigenvalue weighted by molar-refractivity contribution is 5.22. The topological polar surface area (TPSA) is 261 Å². The van der Waals surface area contributed by atoms with Crippen LogP contribution in [0.25, 0.3) is 0 Å². The van der Waals surface area contributed by atoms with Gasteiger partial charge in [0.05, 0.1) is 0 Å². The number of ether oxygens (including phenoxy) is 2. The minimum atomic E-state index is -4.55. The summed E-state index contributed by atoms with van der Waals surface area (Å²) in [4.78, 5) is 0. The predicted octanol–water partition coefficient (Wildman–Crippen LogP) is -6.71. The van der Waals surface area contributed by atoms with Gasteiger partial charge in [0.1, 0.15) is 11.5 Å². The molecule has 1 rings (SSSR count). The van der Waals surface area contributed by atoms with Crippen LogP contribution in [0.4, 0.5) is 0 Å². The van der Waals surface area contributed by atoms with E-state index in [0.717, 1.165) is 13.8 Å². The molecule has 14 heteroatoms. The van der Waals surface area contributed by atoms with E-state index in [2.05, 4.69) is 9.47 Å². The Morgan fingerprint density at radius 1 is 0.625 bits per heavy atom. The zero-order valence-electron chi connectivity index (χ0n) is 12.2. The van der Waals surface area contributed by atoms with E-state index >= 15 is 0 Å². The quantitative estimate of drug-likeness (QED) is 0.164. The van der Waals surface area contributed by atoms with Gasteiger partial charge in [0, 0.05) is 0 Å². The predicted molar refractivity (Wildman–Crippen MR) is 63.6 cm³/mol. The molecule has 0 bridgehead atoms. The van der Waals surface area contributed by atoms with E-state index in [1.165, 1.54) is 0 Å².